The molecule has 1 saturated heterocycles. The number of rotatable bonds is 6. The second-order valence-corrected chi connectivity index (χ2v) is 6.14. The van der Waals surface area contributed by atoms with Crippen LogP contribution in [0.15, 0.2) is 35.8 Å². The minimum Gasteiger partial charge on any atom is -0.374 e. The molecule has 0 amide bonds. The van der Waals surface area contributed by atoms with E-state index in [0.717, 1.165) is 45.0 Å². The molecule has 3 heterocycles. The van der Waals surface area contributed by atoms with E-state index >= 15 is 0 Å². The molecule has 1 fully saturated rings. The van der Waals surface area contributed by atoms with Gasteiger partial charge in [-0.05, 0) is 30.0 Å². The highest BCUT2D eigenvalue weighted by Crippen LogP contribution is 2.12. The maximum Gasteiger partial charge on any atom is 0.148 e. The van der Waals surface area contributed by atoms with Gasteiger partial charge in [-0.1, -0.05) is 6.07 Å². The van der Waals surface area contributed by atoms with Crippen LogP contribution in [0.3, 0.4) is 0 Å². The van der Waals surface area contributed by atoms with Crippen molar-refractivity contribution < 1.29 is 4.74 Å². The minimum atomic E-state index is 0.212. The first kappa shape index (κ1) is 14.4. The van der Waals surface area contributed by atoms with Gasteiger partial charge in [0.1, 0.15) is 5.82 Å². The number of thiophene rings is 1. The summed E-state index contributed by atoms with van der Waals surface area (Å²) in [4.78, 5) is 3.93. The lowest BCUT2D eigenvalue weighted by atomic mass is 10.2. The Morgan fingerprint density at radius 2 is 2.38 bits per heavy atom. The van der Waals surface area contributed by atoms with Crippen LogP contribution in [0.2, 0.25) is 0 Å². The van der Waals surface area contributed by atoms with Crippen molar-refractivity contribution in [2.75, 3.05) is 38.1 Å². The predicted octanol–water partition coefficient (Wildman–Crippen LogP) is 1.89. The summed E-state index contributed by atoms with van der Waals surface area (Å²) in [6, 6.07) is 8.12. The maximum absolute atomic E-state index is 5.82. The third-order valence-electron chi connectivity index (χ3n) is 3.56. The van der Waals surface area contributed by atoms with E-state index in [1.54, 1.807) is 6.20 Å². The number of aromatic nitrogens is 2. The van der Waals surface area contributed by atoms with Gasteiger partial charge >= 0.3 is 0 Å². The molecule has 0 spiro atoms. The van der Waals surface area contributed by atoms with Crippen LogP contribution >= 0.6 is 11.3 Å². The molecule has 0 saturated carbocycles. The lowest BCUT2D eigenvalue weighted by molar-refractivity contribution is -0.0206. The molecule has 1 aliphatic rings. The normalized spacial score (nSPS) is 19.5. The Balaban J connectivity index is 1.42. The van der Waals surface area contributed by atoms with Gasteiger partial charge in [0.05, 0.1) is 12.7 Å². The molecule has 1 unspecified atom stereocenters. The molecule has 112 valence electrons. The summed E-state index contributed by atoms with van der Waals surface area (Å²) in [6.07, 6.45) is 3.01. The molecule has 0 bridgehead atoms. The van der Waals surface area contributed by atoms with Crippen LogP contribution < -0.4 is 5.32 Å². The number of ether oxygens (including phenoxy) is 1. The summed E-state index contributed by atoms with van der Waals surface area (Å²) >= 11 is 1.83. The second-order valence-electron chi connectivity index (χ2n) is 5.11. The quantitative estimate of drug-likeness (QED) is 0.883. The molecule has 3 rings (SSSR count). The first-order chi connectivity index (χ1) is 10.4. The number of morpholine rings is 1. The zero-order valence-corrected chi connectivity index (χ0v) is 12.8. The number of anilines is 1. The fourth-order valence-corrected chi connectivity index (χ4v) is 3.14. The first-order valence-electron chi connectivity index (χ1n) is 7.28. The Morgan fingerprint density at radius 1 is 1.38 bits per heavy atom. The Labute approximate surface area is 129 Å². The molecule has 21 heavy (non-hydrogen) atoms. The lowest BCUT2D eigenvalue weighted by Crippen LogP contribution is -2.45. The van der Waals surface area contributed by atoms with Gasteiger partial charge in [-0.3, -0.25) is 4.90 Å². The second kappa shape index (κ2) is 7.49. The molecule has 6 heteroatoms. The predicted molar refractivity (Wildman–Crippen MR) is 84.7 cm³/mol. The van der Waals surface area contributed by atoms with E-state index in [-0.39, 0.29) is 6.10 Å². The Hall–Kier alpha value is -1.50. The Kier molecular flexibility index (Phi) is 5.15. The number of nitrogens with zero attached hydrogens (tertiary/aromatic N) is 3. The van der Waals surface area contributed by atoms with Crippen molar-refractivity contribution in [3.63, 3.8) is 0 Å². The standard InChI is InChI=1S/C15H20N4OS/c1-4-15(18-17-6-1)16-11-13-12-19(8-9-20-13)7-5-14-3-2-10-21-14/h1-4,6,10,13H,5,7-9,11-12H2,(H,16,18). The van der Waals surface area contributed by atoms with E-state index < -0.39 is 0 Å². The van der Waals surface area contributed by atoms with E-state index in [0.29, 0.717) is 0 Å². The highest BCUT2D eigenvalue weighted by atomic mass is 32.1. The van der Waals surface area contributed by atoms with Gasteiger partial charge in [0.15, 0.2) is 0 Å². The van der Waals surface area contributed by atoms with Crippen LogP contribution in [0.5, 0.6) is 0 Å². The van der Waals surface area contributed by atoms with Crippen molar-refractivity contribution in [1.29, 1.82) is 0 Å². The largest absolute Gasteiger partial charge is 0.374 e. The van der Waals surface area contributed by atoms with E-state index in [1.165, 1.54) is 4.88 Å². The van der Waals surface area contributed by atoms with Gasteiger partial charge in [0.25, 0.3) is 0 Å². The van der Waals surface area contributed by atoms with Crippen LogP contribution in [0.4, 0.5) is 5.82 Å². The van der Waals surface area contributed by atoms with Crippen molar-refractivity contribution in [1.82, 2.24) is 15.1 Å². The lowest BCUT2D eigenvalue weighted by Gasteiger charge is -2.33. The van der Waals surface area contributed by atoms with E-state index in [9.17, 15) is 0 Å². The zero-order valence-electron chi connectivity index (χ0n) is 11.9. The number of nitrogens with one attached hydrogen (secondary N) is 1. The molecule has 0 aromatic carbocycles. The molecule has 5 nitrogen and oxygen atoms in total. The first-order valence-corrected chi connectivity index (χ1v) is 8.16. The zero-order chi connectivity index (χ0) is 14.3. The molecule has 0 radical (unpaired) electrons. The van der Waals surface area contributed by atoms with Crippen LogP contribution in [-0.2, 0) is 11.2 Å². The van der Waals surface area contributed by atoms with Gasteiger partial charge in [-0.25, -0.2) is 0 Å². The summed E-state index contributed by atoms with van der Waals surface area (Å²) in [7, 11) is 0. The van der Waals surface area contributed by atoms with Crippen molar-refractivity contribution in [2.24, 2.45) is 0 Å². The molecule has 2 aromatic heterocycles. The van der Waals surface area contributed by atoms with E-state index in [4.69, 9.17) is 4.74 Å². The average molecular weight is 304 g/mol. The summed E-state index contributed by atoms with van der Waals surface area (Å²) in [5.41, 5.74) is 0. The SMILES string of the molecule is c1cnnc(NCC2CN(CCc3cccs3)CCO2)c1. The highest BCUT2D eigenvalue weighted by Gasteiger charge is 2.20. The summed E-state index contributed by atoms with van der Waals surface area (Å²) in [6.45, 7) is 4.67. The fourth-order valence-electron chi connectivity index (χ4n) is 2.44. The van der Waals surface area contributed by atoms with E-state index in [2.05, 4.69) is 37.9 Å². The van der Waals surface area contributed by atoms with E-state index in [1.807, 2.05) is 23.5 Å². The van der Waals surface area contributed by atoms with Gasteiger partial charge in [-0.15, -0.1) is 16.4 Å². The highest BCUT2D eigenvalue weighted by molar-refractivity contribution is 7.09. The van der Waals surface area contributed by atoms with Crippen molar-refractivity contribution in [3.05, 3.63) is 40.7 Å². The van der Waals surface area contributed by atoms with Crippen LogP contribution in [0.25, 0.3) is 0 Å². The number of hydrogen-bond acceptors (Lipinski definition) is 6. The molecule has 2 aromatic rings. The summed E-state index contributed by atoms with van der Waals surface area (Å²) in [5, 5.41) is 13.3. The third-order valence-corrected chi connectivity index (χ3v) is 4.50. The van der Waals surface area contributed by atoms with Crippen molar-refractivity contribution in [2.45, 2.75) is 12.5 Å². The Morgan fingerprint density at radius 3 is 3.19 bits per heavy atom. The summed E-state index contributed by atoms with van der Waals surface area (Å²) < 4.78 is 5.82. The van der Waals surface area contributed by atoms with Gasteiger partial charge in [-0.2, -0.15) is 5.10 Å². The van der Waals surface area contributed by atoms with Gasteiger partial charge < -0.3 is 10.1 Å². The van der Waals surface area contributed by atoms with Crippen molar-refractivity contribution >= 4 is 17.2 Å². The number of hydrogen-bond donors (Lipinski definition) is 1. The average Bonchev–Trinajstić information content (AvgIpc) is 3.06. The topological polar surface area (TPSA) is 50.3 Å². The maximum atomic E-state index is 5.82. The van der Waals surface area contributed by atoms with Crippen LogP contribution in [0, 0.1) is 0 Å². The Bertz CT molecular complexity index is 520. The minimum absolute atomic E-state index is 0.212. The van der Waals surface area contributed by atoms with Crippen LogP contribution in [-0.4, -0.2) is 54.0 Å². The van der Waals surface area contributed by atoms with Gasteiger partial charge in [0.2, 0.25) is 0 Å². The molecular formula is C15H20N4OS. The molecule has 1 N–H and O–H groups in total. The molecule has 1 atom stereocenters. The van der Waals surface area contributed by atoms with Crippen molar-refractivity contribution in [3.8, 4) is 0 Å². The third kappa shape index (κ3) is 4.49. The molecule has 1 aliphatic heterocycles. The van der Waals surface area contributed by atoms with Crippen LogP contribution in [0.1, 0.15) is 4.88 Å². The fraction of sp³-hybridized carbons (Fsp3) is 0.467. The monoisotopic (exact) mass is 304 g/mol. The molecular weight excluding hydrogens is 284 g/mol. The molecule has 0 aliphatic carbocycles. The van der Waals surface area contributed by atoms with Gasteiger partial charge in [0, 0.05) is 37.3 Å². The summed E-state index contributed by atoms with van der Waals surface area (Å²) in [5.74, 6) is 0.803. The smallest absolute Gasteiger partial charge is 0.148 e.